The van der Waals surface area contributed by atoms with Gasteiger partial charge in [0, 0.05) is 37.6 Å². The molecule has 2 aromatic heterocycles. The average Bonchev–Trinajstić information content (AvgIpc) is 3.51. The molecule has 3 aliphatic heterocycles. The van der Waals surface area contributed by atoms with E-state index < -0.39 is 11.5 Å². The van der Waals surface area contributed by atoms with Gasteiger partial charge in [-0.25, -0.2) is 4.79 Å². The van der Waals surface area contributed by atoms with E-state index >= 15 is 0 Å². The summed E-state index contributed by atoms with van der Waals surface area (Å²) in [5.41, 5.74) is 4.44. The van der Waals surface area contributed by atoms with Gasteiger partial charge in [0.15, 0.2) is 5.58 Å². The number of piperidine rings is 3. The average molecular weight is 735 g/mol. The Labute approximate surface area is 313 Å². The molecule has 2 atom stereocenters. The van der Waals surface area contributed by atoms with Gasteiger partial charge in [0.25, 0.3) is 0 Å². The van der Waals surface area contributed by atoms with Gasteiger partial charge in [-0.15, -0.1) is 0 Å². The number of esters is 1. The Hall–Kier alpha value is -4.71. The van der Waals surface area contributed by atoms with E-state index in [9.17, 15) is 24.6 Å². The number of hydrogen-bond acceptors (Lipinski definition) is 9. The van der Waals surface area contributed by atoms with E-state index in [1.807, 2.05) is 18.2 Å². The number of aromatic nitrogens is 2. The minimum atomic E-state index is -0.881. The molecule has 54 heavy (non-hydrogen) atoms. The first-order valence-corrected chi connectivity index (χ1v) is 19.7. The molecule has 11 nitrogen and oxygen atoms in total. The van der Waals surface area contributed by atoms with Gasteiger partial charge < -0.3 is 29.7 Å². The van der Waals surface area contributed by atoms with E-state index in [0.29, 0.717) is 41.1 Å². The van der Waals surface area contributed by atoms with Crippen molar-refractivity contribution in [2.24, 2.45) is 5.92 Å². The number of aliphatic hydroxyl groups excluding tert-OH is 1. The topological polar surface area (TPSA) is 150 Å². The molecule has 0 spiro atoms. The standard InChI is InChI=1S/C43H50N4O7/c48-35-14-11-32(33-12-15-39(50)45-40(33)35)36(49)26-44-25-29-10-13-34-37(24-29)54-42(52)47(34)20-5-2-7-28-8-6-9-31(23-28)43(18-3-1-4-19-43)41(51)53-38-27-46-21-16-30(38)17-22-46/h6,8-15,23-24,30,36,38,44,48-49H,1-5,7,16-22,25-27H2,(H,45,50)/t36?,38-/m0/s1. The number of aromatic hydroxyl groups is 1. The Morgan fingerprint density at radius 1 is 0.981 bits per heavy atom. The summed E-state index contributed by atoms with van der Waals surface area (Å²) < 4.78 is 13.7. The lowest BCUT2D eigenvalue weighted by Crippen LogP contribution is -2.53. The molecule has 4 N–H and O–H groups in total. The van der Waals surface area contributed by atoms with Crippen molar-refractivity contribution in [3.8, 4) is 5.75 Å². The van der Waals surface area contributed by atoms with Crippen LogP contribution in [0.4, 0.5) is 0 Å². The number of pyridine rings is 1. The van der Waals surface area contributed by atoms with Crippen molar-refractivity contribution in [1.29, 1.82) is 0 Å². The minimum Gasteiger partial charge on any atom is -0.506 e. The fourth-order valence-electron chi connectivity index (χ4n) is 9.13. The molecule has 11 heteroatoms. The normalized spacial score (nSPS) is 21.4. The first kappa shape index (κ1) is 36.3. The maximum atomic E-state index is 14.0. The van der Waals surface area contributed by atoms with E-state index in [1.165, 1.54) is 17.7 Å². The summed E-state index contributed by atoms with van der Waals surface area (Å²) in [5, 5.41) is 24.9. The number of phenolic OH excluding ortho intramolecular Hbond substituents is 1. The van der Waals surface area contributed by atoms with Crippen molar-refractivity contribution in [3.05, 3.63) is 110 Å². The summed E-state index contributed by atoms with van der Waals surface area (Å²) in [6, 6.07) is 20.3. The Morgan fingerprint density at radius 2 is 1.81 bits per heavy atom. The molecule has 4 aliphatic rings. The number of hydrogen-bond donors (Lipinski definition) is 4. The lowest BCUT2D eigenvalue weighted by atomic mass is 9.69. The summed E-state index contributed by atoms with van der Waals surface area (Å²) in [5.74, 6) is 0.0281. The molecule has 5 aromatic rings. The zero-order valence-corrected chi connectivity index (χ0v) is 30.7. The number of H-pyrrole nitrogens is 1. The summed E-state index contributed by atoms with van der Waals surface area (Å²) >= 11 is 0. The number of aryl methyl sites for hydroxylation is 2. The van der Waals surface area contributed by atoms with Crippen LogP contribution < -0.4 is 16.6 Å². The molecule has 0 amide bonds. The quantitative estimate of drug-likeness (QED) is 0.0867. The van der Waals surface area contributed by atoms with Crippen molar-refractivity contribution in [3.63, 3.8) is 0 Å². The van der Waals surface area contributed by atoms with E-state index in [-0.39, 0.29) is 35.7 Å². The first-order chi connectivity index (χ1) is 26.3. The summed E-state index contributed by atoms with van der Waals surface area (Å²) in [6.45, 7) is 4.33. The van der Waals surface area contributed by atoms with Gasteiger partial charge in [-0.2, -0.15) is 0 Å². The van der Waals surface area contributed by atoms with Crippen LogP contribution in [0.5, 0.6) is 5.75 Å². The Balaban J connectivity index is 0.863. The maximum absolute atomic E-state index is 14.0. The number of ether oxygens (including phenoxy) is 1. The van der Waals surface area contributed by atoms with Crippen LogP contribution in [0.2, 0.25) is 0 Å². The van der Waals surface area contributed by atoms with Crippen LogP contribution in [0.15, 0.2) is 80.7 Å². The Kier molecular flexibility index (Phi) is 10.5. The molecule has 1 unspecified atom stereocenters. The number of carbonyl (C=O) groups excluding carboxylic acids is 1. The predicted molar refractivity (Wildman–Crippen MR) is 207 cm³/mol. The SMILES string of the molecule is O=C(O[C@H]1CN2CCC1CC2)C1(c2cccc(CCCCn3c(=O)oc4cc(CNCC(O)c5ccc(O)c6[nH]c(=O)ccc56)ccc43)c2)CCCCC1. The molecule has 284 valence electrons. The smallest absolute Gasteiger partial charge is 0.419 e. The van der Waals surface area contributed by atoms with Gasteiger partial charge in [-0.05, 0) is 110 Å². The molecule has 0 radical (unpaired) electrons. The summed E-state index contributed by atoms with van der Waals surface area (Å²) in [4.78, 5) is 43.7. The third-order valence-electron chi connectivity index (χ3n) is 12.2. The summed E-state index contributed by atoms with van der Waals surface area (Å²) in [6.07, 6.45) is 8.84. The van der Waals surface area contributed by atoms with E-state index in [2.05, 4.69) is 39.5 Å². The molecule has 5 heterocycles. The highest BCUT2D eigenvalue weighted by Crippen LogP contribution is 2.42. The predicted octanol–water partition coefficient (Wildman–Crippen LogP) is 5.83. The first-order valence-electron chi connectivity index (χ1n) is 19.7. The van der Waals surface area contributed by atoms with Crippen molar-refractivity contribution in [2.45, 2.75) is 94.9 Å². The number of carbonyl (C=O) groups is 1. The number of unbranched alkanes of at least 4 members (excludes halogenated alkanes) is 1. The van der Waals surface area contributed by atoms with Gasteiger partial charge in [-0.1, -0.05) is 55.7 Å². The molecule has 2 bridgehead atoms. The monoisotopic (exact) mass is 734 g/mol. The molecular formula is C43H50N4O7. The third kappa shape index (κ3) is 7.37. The fourth-order valence-corrected chi connectivity index (χ4v) is 9.13. The highest BCUT2D eigenvalue weighted by Gasteiger charge is 2.46. The number of nitrogens with zero attached hydrogens (tertiary/aromatic N) is 2. The zero-order chi connectivity index (χ0) is 37.2. The second-order valence-corrected chi connectivity index (χ2v) is 15.6. The number of aromatic amines is 1. The second-order valence-electron chi connectivity index (χ2n) is 15.6. The molecule has 4 fully saturated rings. The highest BCUT2D eigenvalue weighted by molar-refractivity contribution is 5.87. The molecule has 3 aromatic carbocycles. The Morgan fingerprint density at radius 3 is 2.61 bits per heavy atom. The van der Waals surface area contributed by atoms with E-state index in [1.54, 1.807) is 16.7 Å². The molecule has 1 saturated carbocycles. The second kappa shape index (κ2) is 15.6. The van der Waals surface area contributed by atoms with Crippen LogP contribution in [0.25, 0.3) is 22.0 Å². The van der Waals surface area contributed by atoms with Gasteiger partial charge in [0.1, 0.15) is 11.9 Å². The zero-order valence-electron chi connectivity index (χ0n) is 30.7. The van der Waals surface area contributed by atoms with Crippen LogP contribution in [0, 0.1) is 5.92 Å². The van der Waals surface area contributed by atoms with Gasteiger partial charge in [0.05, 0.1) is 22.6 Å². The largest absolute Gasteiger partial charge is 0.506 e. The summed E-state index contributed by atoms with van der Waals surface area (Å²) in [7, 11) is 0. The van der Waals surface area contributed by atoms with E-state index in [4.69, 9.17) is 9.15 Å². The van der Waals surface area contributed by atoms with Crippen LogP contribution >= 0.6 is 0 Å². The van der Waals surface area contributed by atoms with Crippen LogP contribution in [0.1, 0.15) is 86.1 Å². The lowest BCUT2D eigenvalue weighted by molar-refractivity contribution is -0.167. The van der Waals surface area contributed by atoms with Crippen molar-refractivity contribution in [2.75, 3.05) is 26.2 Å². The molecule has 3 saturated heterocycles. The van der Waals surface area contributed by atoms with Crippen molar-refractivity contribution < 1.29 is 24.2 Å². The lowest BCUT2D eigenvalue weighted by Gasteiger charge is -2.45. The molecule has 9 rings (SSSR count). The van der Waals surface area contributed by atoms with Crippen molar-refractivity contribution in [1.82, 2.24) is 19.8 Å². The van der Waals surface area contributed by atoms with Crippen LogP contribution in [-0.2, 0) is 34.5 Å². The number of nitrogens with one attached hydrogen (secondary N) is 2. The molecular weight excluding hydrogens is 684 g/mol. The number of benzene rings is 3. The number of aliphatic hydroxyl groups is 1. The van der Waals surface area contributed by atoms with Gasteiger partial charge >= 0.3 is 11.7 Å². The minimum absolute atomic E-state index is 0.0150. The van der Waals surface area contributed by atoms with E-state index in [0.717, 1.165) is 100 Å². The van der Waals surface area contributed by atoms with Crippen molar-refractivity contribution >= 4 is 28.0 Å². The Bertz CT molecular complexity index is 2240. The number of phenols is 1. The van der Waals surface area contributed by atoms with Crippen LogP contribution in [-0.4, -0.2) is 62.9 Å². The van der Waals surface area contributed by atoms with Gasteiger partial charge in [0.2, 0.25) is 5.56 Å². The number of rotatable bonds is 13. The molecule has 1 aliphatic carbocycles. The van der Waals surface area contributed by atoms with Crippen LogP contribution in [0.3, 0.4) is 0 Å². The fraction of sp³-hybridized carbons (Fsp3) is 0.465. The van der Waals surface area contributed by atoms with Gasteiger partial charge in [-0.3, -0.25) is 19.1 Å². The maximum Gasteiger partial charge on any atom is 0.419 e. The highest BCUT2D eigenvalue weighted by atomic mass is 16.5. The third-order valence-corrected chi connectivity index (χ3v) is 12.2. The number of fused-ring (bicyclic) bond motifs is 5. The number of oxazole rings is 1.